The van der Waals surface area contributed by atoms with Gasteiger partial charge in [-0.3, -0.25) is 9.89 Å². The van der Waals surface area contributed by atoms with Crippen LogP contribution in [-0.2, 0) is 0 Å². The van der Waals surface area contributed by atoms with Crippen molar-refractivity contribution in [3.63, 3.8) is 0 Å². The van der Waals surface area contributed by atoms with Gasteiger partial charge in [0.05, 0.1) is 0 Å². The fraction of sp³-hybridized carbons (Fsp3) is 0.562. The van der Waals surface area contributed by atoms with Crippen LogP contribution in [0.4, 0.5) is 5.69 Å². The van der Waals surface area contributed by atoms with Gasteiger partial charge in [-0.15, -0.1) is 0 Å². The lowest BCUT2D eigenvalue weighted by Crippen LogP contribution is -2.49. The Morgan fingerprint density at radius 1 is 1.23 bits per heavy atom. The van der Waals surface area contributed by atoms with Crippen molar-refractivity contribution in [2.75, 3.05) is 57.3 Å². The molecule has 3 rings (SSSR count). The smallest absolute Gasteiger partial charge is 0.191 e. The molecule has 0 bridgehead atoms. The van der Waals surface area contributed by atoms with Crippen molar-refractivity contribution in [1.29, 1.82) is 0 Å². The third-order valence-electron chi connectivity index (χ3n) is 4.16. The van der Waals surface area contributed by atoms with Crippen molar-refractivity contribution in [1.82, 2.24) is 15.5 Å². The minimum atomic E-state index is 0.810. The summed E-state index contributed by atoms with van der Waals surface area (Å²) in [6, 6.07) is 8.13. The number of rotatable bonds is 4. The van der Waals surface area contributed by atoms with Gasteiger partial charge in [0.2, 0.25) is 0 Å². The second-order valence-electron chi connectivity index (χ2n) is 5.75. The first-order valence-corrected chi connectivity index (χ1v) is 8.44. The SMILES string of the molecule is Clc1cccc(N2CCN(CCNC3=NCCCN3)CC2)c1. The molecule has 0 aliphatic carbocycles. The topological polar surface area (TPSA) is 42.9 Å². The van der Waals surface area contributed by atoms with E-state index >= 15 is 0 Å². The van der Waals surface area contributed by atoms with Crippen LogP contribution in [0, 0.1) is 0 Å². The summed E-state index contributed by atoms with van der Waals surface area (Å²) in [5, 5.41) is 7.49. The lowest BCUT2D eigenvalue weighted by atomic mass is 10.2. The van der Waals surface area contributed by atoms with Crippen LogP contribution in [0.3, 0.4) is 0 Å². The maximum Gasteiger partial charge on any atom is 0.191 e. The molecule has 0 aromatic heterocycles. The third-order valence-corrected chi connectivity index (χ3v) is 4.40. The van der Waals surface area contributed by atoms with Gasteiger partial charge in [0.1, 0.15) is 0 Å². The van der Waals surface area contributed by atoms with Crippen molar-refractivity contribution >= 4 is 23.2 Å². The molecule has 0 atom stereocenters. The van der Waals surface area contributed by atoms with Gasteiger partial charge in [-0.25, -0.2) is 0 Å². The van der Waals surface area contributed by atoms with E-state index in [4.69, 9.17) is 11.6 Å². The highest BCUT2D eigenvalue weighted by molar-refractivity contribution is 6.30. The minimum Gasteiger partial charge on any atom is -0.369 e. The molecule has 2 aliphatic rings. The summed E-state index contributed by atoms with van der Waals surface area (Å²) in [5.41, 5.74) is 1.23. The van der Waals surface area contributed by atoms with Gasteiger partial charge >= 0.3 is 0 Å². The average molecular weight is 322 g/mol. The molecule has 2 N–H and O–H groups in total. The van der Waals surface area contributed by atoms with E-state index in [-0.39, 0.29) is 0 Å². The van der Waals surface area contributed by atoms with E-state index in [0.717, 1.165) is 69.8 Å². The number of hydrogen-bond donors (Lipinski definition) is 2. The zero-order valence-electron chi connectivity index (χ0n) is 12.9. The number of guanidine groups is 1. The Kier molecular flexibility index (Phi) is 5.40. The van der Waals surface area contributed by atoms with Crippen molar-refractivity contribution in [2.45, 2.75) is 6.42 Å². The fourth-order valence-electron chi connectivity index (χ4n) is 2.89. The molecule has 0 radical (unpaired) electrons. The minimum absolute atomic E-state index is 0.810. The highest BCUT2D eigenvalue weighted by Crippen LogP contribution is 2.20. The molecule has 2 heterocycles. The highest BCUT2D eigenvalue weighted by atomic mass is 35.5. The molecule has 6 heteroatoms. The van der Waals surface area contributed by atoms with Gasteiger partial charge in [-0.1, -0.05) is 17.7 Å². The molecule has 1 aromatic rings. The Morgan fingerprint density at radius 2 is 2.09 bits per heavy atom. The van der Waals surface area contributed by atoms with Gasteiger partial charge in [0.25, 0.3) is 0 Å². The number of piperazine rings is 1. The van der Waals surface area contributed by atoms with E-state index in [0.29, 0.717) is 0 Å². The van der Waals surface area contributed by atoms with Crippen LogP contribution in [0.15, 0.2) is 29.3 Å². The zero-order chi connectivity index (χ0) is 15.2. The van der Waals surface area contributed by atoms with E-state index in [1.807, 2.05) is 18.2 Å². The molecule has 1 saturated heterocycles. The Balaban J connectivity index is 1.39. The summed E-state index contributed by atoms with van der Waals surface area (Å²) in [5.74, 6) is 0.962. The van der Waals surface area contributed by atoms with Crippen LogP contribution in [0.1, 0.15) is 6.42 Å². The summed E-state index contributed by atoms with van der Waals surface area (Å²) >= 11 is 6.07. The molecule has 0 saturated carbocycles. The van der Waals surface area contributed by atoms with Crippen molar-refractivity contribution in [3.05, 3.63) is 29.3 Å². The number of anilines is 1. The molecule has 1 aromatic carbocycles. The second-order valence-corrected chi connectivity index (χ2v) is 6.18. The summed E-state index contributed by atoms with van der Waals surface area (Å²) in [6.45, 7) is 8.27. The molecule has 0 amide bonds. The Labute approximate surface area is 137 Å². The largest absolute Gasteiger partial charge is 0.369 e. The molecule has 120 valence electrons. The van der Waals surface area contributed by atoms with Crippen molar-refractivity contribution in [3.8, 4) is 0 Å². The lowest BCUT2D eigenvalue weighted by molar-refractivity contribution is 0.261. The van der Waals surface area contributed by atoms with Crippen LogP contribution in [-0.4, -0.2) is 63.2 Å². The highest BCUT2D eigenvalue weighted by Gasteiger charge is 2.17. The first-order valence-electron chi connectivity index (χ1n) is 8.06. The maximum atomic E-state index is 6.07. The predicted octanol–water partition coefficient (Wildman–Crippen LogP) is 1.40. The second kappa shape index (κ2) is 7.70. The number of nitrogens with zero attached hydrogens (tertiary/aromatic N) is 3. The molecule has 0 spiro atoms. The summed E-state index contributed by atoms with van der Waals surface area (Å²) in [4.78, 5) is 9.33. The zero-order valence-corrected chi connectivity index (χ0v) is 13.6. The standard InChI is InChI=1S/C16H24ClN5/c17-14-3-1-4-15(13-14)22-11-9-21(10-12-22)8-7-20-16-18-5-2-6-19-16/h1,3-4,13H,2,5-12H2,(H2,18,19,20). The monoisotopic (exact) mass is 321 g/mol. The van der Waals surface area contributed by atoms with Crippen molar-refractivity contribution in [2.24, 2.45) is 4.99 Å². The quantitative estimate of drug-likeness (QED) is 0.880. The Morgan fingerprint density at radius 3 is 2.82 bits per heavy atom. The number of nitrogens with one attached hydrogen (secondary N) is 2. The molecular weight excluding hydrogens is 298 g/mol. The van der Waals surface area contributed by atoms with E-state index in [2.05, 4.69) is 31.5 Å². The summed E-state index contributed by atoms with van der Waals surface area (Å²) in [7, 11) is 0. The van der Waals surface area contributed by atoms with Gasteiger partial charge in [-0.05, 0) is 24.6 Å². The predicted molar refractivity (Wildman–Crippen MR) is 93.0 cm³/mol. The van der Waals surface area contributed by atoms with Crippen LogP contribution in [0.5, 0.6) is 0 Å². The van der Waals surface area contributed by atoms with E-state index in [9.17, 15) is 0 Å². The van der Waals surface area contributed by atoms with Gasteiger partial charge in [0.15, 0.2) is 5.96 Å². The van der Waals surface area contributed by atoms with Crippen LogP contribution >= 0.6 is 11.6 Å². The Hall–Kier alpha value is -1.46. The third kappa shape index (κ3) is 4.27. The first-order chi connectivity index (χ1) is 10.8. The maximum absolute atomic E-state index is 6.07. The molecule has 1 fully saturated rings. The number of aliphatic imine (C=N–C) groups is 1. The first kappa shape index (κ1) is 15.4. The summed E-state index contributed by atoms with van der Waals surface area (Å²) in [6.07, 6.45) is 1.14. The average Bonchev–Trinajstić information content (AvgIpc) is 2.56. The van der Waals surface area contributed by atoms with E-state index in [1.54, 1.807) is 0 Å². The molecule has 5 nitrogen and oxygen atoms in total. The lowest BCUT2D eigenvalue weighted by Gasteiger charge is -2.36. The van der Waals surface area contributed by atoms with Crippen LogP contribution in [0.25, 0.3) is 0 Å². The number of halogens is 1. The molecule has 22 heavy (non-hydrogen) atoms. The fourth-order valence-corrected chi connectivity index (χ4v) is 3.07. The summed E-state index contributed by atoms with van der Waals surface area (Å²) < 4.78 is 0. The number of benzene rings is 1. The van der Waals surface area contributed by atoms with Crippen LogP contribution < -0.4 is 15.5 Å². The van der Waals surface area contributed by atoms with Crippen LogP contribution in [0.2, 0.25) is 5.02 Å². The van der Waals surface area contributed by atoms with Gasteiger partial charge < -0.3 is 15.5 Å². The molecular formula is C16H24ClN5. The van der Waals surface area contributed by atoms with Gasteiger partial charge in [-0.2, -0.15) is 0 Å². The Bertz CT molecular complexity index is 511. The van der Waals surface area contributed by atoms with Gasteiger partial charge in [0, 0.05) is 63.1 Å². The number of hydrogen-bond acceptors (Lipinski definition) is 5. The normalized spacial score (nSPS) is 19.5. The van der Waals surface area contributed by atoms with Crippen molar-refractivity contribution < 1.29 is 0 Å². The van der Waals surface area contributed by atoms with E-state index < -0.39 is 0 Å². The molecule has 0 unspecified atom stereocenters. The van der Waals surface area contributed by atoms with E-state index in [1.165, 1.54) is 5.69 Å². The molecule has 2 aliphatic heterocycles.